The highest BCUT2D eigenvalue weighted by Gasteiger charge is 2.36. The number of nitrogens with zero attached hydrogens (tertiary/aromatic N) is 3. The minimum atomic E-state index is 0.00458. The Bertz CT molecular complexity index is 835. The molecule has 1 aliphatic carbocycles. The second kappa shape index (κ2) is 7.68. The molecule has 28 heavy (non-hydrogen) atoms. The van der Waals surface area contributed by atoms with Crippen molar-refractivity contribution >= 4 is 5.91 Å². The normalized spacial score (nSPS) is 21.5. The van der Waals surface area contributed by atoms with E-state index in [1.807, 2.05) is 15.9 Å². The Morgan fingerprint density at radius 1 is 1.32 bits per heavy atom. The van der Waals surface area contributed by atoms with Gasteiger partial charge < -0.3 is 5.32 Å². The molecule has 0 radical (unpaired) electrons. The fourth-order valence-corrected chi connectivity index (χ4v) is 4.25. The quantitative estimate of drug-likeness (QED) is 0.862. The first-order valence-corrected chi connectivity index (χ1v) is 10.2. The summed E-state index contributed by atoms with van der Waals surface area (Å²) in [5.74, 6) is 0.0761. The van der Waals surface area contributed by atoms with Crippen LogP contribution in [0.3, 0.4) is 0 Å². The van der Waals surface area contributed by atoms with Gasteiger partial charge in [-0.2, -0.15) is 10.2 Å². The summed E-state index contributed by atoms with van der Waals surface area (Å²) in [4.78, 5) is 18.1. The maximum absolute atomic E-state index is 12.6. The van der Waals surface area contributed by atoms with E-state index < -0.39 is 0 Å². The molecule has 0 spiro atoms. The second-order valence-corrected chi connectivity index (χ2v) is 8.82. The first-order valence-electron chi connectivity index (χ1n) is 10.2. The standard InChI is InChI=1S/C22H30N4O2/c1-16-5-7-17(8-6-16)26-20-14-22(2,3)13-19(18(20)15-23-26)24-21(27)9-11-25-10-4-12-28-25/h5-8,15,19H,4,9-14H2,1-3H3,(H,24,27)/t19-/m1/s1. The van der Waals surface area contributed by atoms with Gasteiger partial charge in [0, 0.05) is 25.1 Å². The Labute approximate surface area is 166 Å². The molecule has 2 aliphatic rings. The molecule has 1 saturated heterocycles. The van der Waals surface area contributed by atoms with Crippen LogP contribution in [0.15, 0.2) is 30.5 Å². The molecular formula is C22H30N4O2. The number of amides is 1. The molecular weight excluding hydrogens is 352 g/mol. The average molecular weight is 383 g/mol. The van der Waals surface area contributed by atoms with Crippen molar-refractivity contribution in [2.45, 2.75) is 52.5 Å². The van der Waals surface area contributed by atoms with E-state index in [0.29, 0.717) is 13.0 Å². The molecule has 1 N–H and O–H groups in total. The van der Waals surface area contributed by atoms with Crippen molar-refractivity contribution in [3.05, 3.63) is 47.3 Å². The predicted octanol–water partition coefficient (Wildman–Crippen LogP) is 3.34. The SMILES string of the molecule is Cc1ccc(-n2ncc3c2CC(C)(C)C[C@H]3NC(=O)CCN2CCCO2)cc1. The zero-order chi connectivity index (χ0) is 19.7. The molecule has 0 saturated carbocycles. The number of carbonyl (C=O) groups is 1. The summed E-state index contributed by atoms with van der Waals surface area (Å²) < 4.78 is 2.03. The van der Waals surface area contributed by atoms with E-state index in [0.717, 1.165) is 43.7 Å². The Morgan fingerprint density at radius 3 is 2.82 bits per heavy atom. The van der Waals surface area contributed by atoms with Crippen molar-refractivity contribution in [2.24, 2.45) is 5.41 Å². The molecule has 1 aromatic carbocycles. The molecule has 6 heteroatoms. The number of hydrogen-bond acceptors (Lipinski definition) is 4. The van der Waals surface area contributed by atoms with Crippen LogP contribution >= 0.6 is 0 Å². The minimum Gasteiger partial charge on any atom is -0.349 e. The first-order chi connectivity index (χ1) is 13.4. The summed E-state index contributed by atoms with van der Waals surface area (Å²) >= 11 is 0. The molecule has 6 nitrogen and oxygen atoms in total. The lowest BCUT2D eigenvalue weighted by Crippen LogP contribution is -2.37. The van der Waals surface area contributed by atoms with Gasteiger partial charge in [-0.25, -0.2) is 4.68 Å². The van der Waals surface area contributed by atoms with Crippen LogP contribution in [-0.4, -0.2) is 40.4 Å². The van der Waals surface area contributed by atoms with Crippen molar-refractivity contribution in [3.8, 4) is 5.69 Å². The molecule has 4 rings (SSSR count). The van der Waals surface area contributed by atoms with Crippen LogP contribution < -0.4 is 5.32 Å². The monoisotopic (exact) mass is 382 g/mol. The number of aryl methyl sites for hydroxylation is 1. The van der Waals surface area contributed by atoms with Crippen LogP contribution in [0.1, 0.15) is 56.0 Å². The highest BCUT2D eigenvalue weighted by Crippen LogP contribution is 2.41. The van der Waals surface area contributed by atoms with E-state index in [1.54, 1.807) is 0 Å². The van der Waals surface area contributed by atoms with E-state index in [4.69, 9.17) is 4.84 Å². The minimum absolute atomic E-state index is 0.00458. The second-order valence-electron chi connectivity index (χ2n) is 8.82. The van der Waals surface area contributed by atoms with Gasteiger partial charge in [0.15, 0.2) is 0 Å². The van der Waals surface area contributed by atoms with Gasteiger partial charge in [0.1, 0.15) is 0 Å². The Morgan fingerprint density at radius 2 is 2.11 bits per heavy atom. The molecule has 2 heterocycles. The van der Waals surface area contributed by atoms with Crippen LogP contribution in [0.25, 0.3) is 5.69 Å². The molecule has 0 bridgehead atoms. The Balaban J connectivity index is 1.52. The summed E-state index contributed by atoms with van der Waals surface area (Å²) in [6.45, 7) is 8.94. The molecule has 1 aromatic heterocycles. The van der Waals surface area contributed by atoms with Crippen LogP contribution in [0, 0.1) is 12.3 Å². The third-order valence-electron chi connectivity index (χ3n) is 5.71. The Kier molecular flexibility index (Phi) is 5.25. The van der Waals surface area contributed by atoms with Gasteiger partial charge in [0.25, 0.3) is 0 Å². The number of aromatic nitrogens is 2. The molecule has 0 unspecified atom stereocenters. The fraction of sp³-hybridized carbons (Fsp3) is 0.545. The van der Waals surface area contributed by atoms with Gasteiger partial charge in [-0.15, -0.1) is 0 Å². The Hall–Kier alpha value is -2.18. The van der Waals surface area contributed by atoms with Crippen LogP contribution in [0.4, 0.5) is 0 Å². The van der Waals surface area contributed by atoms with Crippen molar-refractivity contribution in [3.63, 3.8) is 0 Å². The number of nitrogens with one attached hydrogen (secondary N) is 1. The third kappa shape index (κ3) is 4.13. The fourth-order valence-electron chi connectivity index (χ4n) is 4.25. The lowest BCUT2D eigenvalue weighted by molar-refractivity contribution is -0.131. The summed E-state index contributed by atoms with van der Waals surface area (Å²) in [6.07, 6.45) is 5.30. The average Bonchev–Trinajstić information content (AvgIpc) is 3.29. The predicted molar refractivity (Wildman–Crippen MR) is 108 cm³/mol. The number of hydrogen-bond donors (Lipinski definition) is 1. The molecule has 150 valence electrons. The number of rotatable bonds is 5. The molecule has 1 aliphatic heterocycles. The number of fused-ring (bicyclic) bond motifs is 1. The maximum atomic E-state index is 12.6. The van der Waals surface area contributed by atoms with Crippen LogP contribution in [-0.2, 0) is 16.1 Å². The number of hydroxylamine groups is 2. The third-order valence-corrected chi connectivity index (χ3v) is 5.71. The van der Waals surface area contributed by atoms with Gasteiger partial charge in [-0.3, -0.25) is 9.63 Å². The largest absolute Gasteiger partial charge is 0.349 e. The van der Waals surface area contributed by atoms with Gasteiger partial charge >= 0.3 is 0 Å². The van der Waals surface area contributed by atoms with E-state index in [2.05, 4.69) is 55.5 Å². The number of carbonyl (C=O) groups excluding carboxylic acids is 1. The summed E-state index contributed by atoms with van der Waals surface area (Å²) in [7, 11) is 0. The zero-order valence-corrected chi connectivity index (χ0v) is 17.1. The maximum Gasteiger partial charge on any atom is 0.221 e. The van der Waals surface area contributed by atoms with Crippen LogP contribution in [0.2, 0.25) is 0 Å². The molecule has 1 atom stereocenters. The highest BCUT2D eigenvalue weighted by molar-refractivity contribution is 5.76. The highest BCUT2D eigenvalue weighted by atomic mass is 16.7. The summed E-state index contributed by atoms with van der Waals surface area (Å²) in [5, 5.41) is 9.82. The van der Waals surface area contributed by atoms with Gasteiger partial charge in [-0.05, 0) is 43.7 Å². The number of benzene rings is 1. The van der Waals surface area contributed by atoms with Crippen molar-refractivity contribution in [1.82, 2.24) is 20.2 Å². The molecule has 1 fully saturated rings. The van der Waals surface area contributed by atoms with Crippen molar-refractivity contribution < 1.29 is 9.63 Å². The van der Waals surface area contributed by atoms with Gasteiger partial charge in [0.05, 0.1) is 30.2 Å². The first kappa shape index (κ1) is 19.2. The van der Waals surface area contributed by atoms with Gasteiger partial charge in [0.2, 0.25) is 5.91 Å². The lowest BCUT2D eigenvalue weighted by atomic mass is 9.74. The van der Waals surface area contributed by atoms with Crippen LogP contribution in [0.5, 0.6) is 0 Å². The smallest absolute Gasteiger partial charge is 0.221 e. The molecule has 2 aromatic rings. The molecule has 1 amide bonds. The topological polar surface area (TPSA) is 59.4 Å². The van der Waals surface area contributed by atoms with Crippen molar-refractivity contribution in [2.75, 3.05) is 19.7 Å². The van der Waals surface area contributed by atoms with Gasteiger partial charge in [-0.1, -0.05) is 31.5 Å². The summed E-state index contributed by atoms with van der Waals surface area (Å²) in [5.41, 5.74) is 4.75. The van der Waals surface area contributed by atoms with Crippen molar-refractivity contribution in [1.29, 1.82) is 0 Å². The van der Waals surface area contributed by atoms with E-state index in [9.17, 15) is 4.79 Å². The summed E-state index contributed by atoms with van der Waals surface area (Å²) in [6, 6.07) is 8.43. The van der Waals surface area contributed by atoms with E-state index in [-0.39, 0.29) is 17.4 Å². The zero-order valence-electron chi connectivity index (χ0n) is 17.1. The lowest BCUT2D eigenvalue weighted by Gasteiger charge is -2.36. The van der Waals surface area contributed by atoms with E-state index in [1.165, 1.54) is 11.3 Å². The van der Waals surface area contributed by atoms with E-state index >= 15 is 0 Å².